The average molecular weight is 398 g/mol. The molecule has 2 heterocycles. The lowest BCUT2D eigenvalue weighted by molar-refractivity contribution is 0.616. The largest absolute Gasteiger partial charge is 0.437 e. The predicted molar refractivity (Wildman–Crippen MR) is 102 cm³/mol. The molecule has 0 amide bonds. The quantitative estimate of drug-likeness (QED) is 0.462. The highest BCUT2D eigenvalue weighted by atomic mass is 79.9. The van der Waals surface area contributed by atoms with E-state index in [1.54, 1.807) is 4.57 Å². The summed E-state index contributed by atoms with van der Waals surface area (Å²) in [6, 6.07) is 19.5. The zero-order valence-electron chi connectivity index (χ0n) is 12.4. The van der Waals surface area contributed by atoms with Crippen LogP contribution in [-0.2, 0) is 0 Å². The first-order valence-electron chi connectivity index (χ1n) is 7.27. The number of nitrogens with zero attached hydrogens (tertiary/aromatic N) is 2. The lowest BCUT2D eigenvalue weighted by Crippen LogP contribution is -2.06. The molecule has 4 nitrogen and oxygen atoms in total. The number of benzene rings is 2. The molecule has 2 N–H and O–H groups in total. The molecule has 0 bridgehead atoms. The molecular weight excluding hydrogens is 386 g/mol. The Balaban J connectivity index is 1.94. The third-order valence-corrected chi connectivity index (χ3v) is 4.56. The van der Waals surface area contributed by atoms with Gasteiger partial charge >= 0.3 is 0 Å². The van der Waals surface area contributed by atoms with Crippen molar-refractivity contribution in [2.24, 2.45) is 0 Å². The van der Waals surface area contributed by atoms with E-state index >= 15 is 0 Å². The summed E-state index contributed by atoms with van der Waals surface area (Å²) in [5.74, 6) is 1.23. The highest BCUT2D eigenvalue weighted by Crippen LogP contribution is 2.31. The molecule has 0 aliphatic heterocycles. The van der Waals surface area contributed by atoms with Crippen molar-refractivity contribution >= 4 is 45.1 Å². The van der Waals surface area contributed by atoms with E-state index < -0.39 is 0 Å². The molecule has 0 saturated heterocycles. The van der Waals surface area contributed by atoms with Gasteiger partial charge in [0.2, 0.25) is 10.5 Å². The smallest absolute Gasteiger partial charge is 0.233 e. The Labute approximate surface area is 151 Å². The van der Waals surface area contributed by atoms with Crippen LogP contribution in [0.2, 0.25) is 0 Å². The zero-order chi connectivity index (χ0) is 16.7. The van der Waals surface area contributed by atoms with Crippen LogP contribution < -0.4 is 5.73 Å². The second kappa shape index (κ2) is 5.89. The number of hydrogen-bond acceptors (Lipinski definition) is 4. The molecule has 0 aliphatic carbocycles. The molecule has 0 radical (unpaired) electrons. The van der Waals surface area contributed by atoms with Gasteiger partial charge in [0.15, 0.2) is 0 Å². The maximum atomic E-state index is 6.37. The van der Waals surface area contributed by atoms with E-state index in [0.717, 1.165) is 21.1 Å². The Kier molecular flexibility index (Phi) is 3.70. The van der Waals surface area contributed by atoms with Crippen LogP contribution in [0, 0.1) is 4.77 Å². The Morgan fingerprint density at radius 1 is 1.04 bits per heavy atom. The molecule has 0 saturated carbocycles. The summed E-state index contributed by atoms with van der Waals surface area (Å²) in [4.78, 5) is 4.40. The Morgan fingerprint density at radius 3 is 2.46 bits per heavy atom. The van der Waals surface area contributed by atoms with Crippen LogP contribution >= 0.6 is 28.1 Å². The standard InChI is InChI=1S/C18H12BrN3OS/c19-12-6-8-13(9-7-12)22-16(20)14-10-15(11-4-2-1-3-5-11)23-17(14)21-18(22)24/h1-10H,20H2. The van der Waals surface area contributed by atoms with E-state index in [1.807, 2.05) is 60.7 Å². The van der Waals surface area contributed by atoms with Crippen molar-refractivity contribution in [2.75, 3.05) is 5.73 Å². The number of halogens is 1. The summed E-state index contributed by atoms with van der Waals surface area (Å²) in [7, 11) is 0. The van der Waals surface area contributed by atoms with Gasteiger partial charge in [-0.15, -0.1) is 0 Å². The van der Waals surface area contributed by atoms with Crippen LogP contribution in [0.15, 0.2) is 69.6 Å². The van der Waals surface area contributed by atoms with Crippen LogP contribution in [0.3, 0.4) is 0 Å². The van der Waals surface area contributed by atoms with E-state index in [4.69, 9.17) is 22.4 Å². The molecular formula is C18H12BrN3OS. The first-order chi connectivity index (χ1) is 11.6. The number of rotatable bonds is 2. The van der Waals surface area contributed by atoms with Crippen LogP contribution in [0.4, 0.5) is 5.82 Å². The Hall–Kier alpha value is -2.44. The van der Waals surface area contributed by atoms with Crippen molar-refractivity contribution in [3.05, 3.63) is 69.9 Å². The second-order valence-corrected chi connectivity index (χ2v) is 6.57. The number of aromatic nitrogens is 2. The van der Waals surface area contributed by atoms with Crippen molar-refractivity contribution in [1.82, 2.24) is 9.55 Å². The highest BCUT2D eigenvalue weighted by Gasteiger charge is 2.14. The topological polar surface area (TPSA) is 57.0 Å². The number of hydrogen-bond donors (Lipinski definition) is 1. The van der Waals surface area contributed by atoms with E-state index in [-0.39, 0.29) is 0 Å². The van der Waals surface area contributed by atoms with Gasteiger partial charge in [-0.1, -0.05) is 46.3 Å². The number of nitrogen functional groups attached to an aromatic ring is 1. The number of anilines is 1. The fourth-order valence-corrected chi connectivity index (χ4v) is 3.14. The lowest BCUT2D eigenvalue weighted by atomic mass is 10.2. The highest BCUT2D eigenvalue weighted by molar-refractivity contribution is 9.10. The van der Waals surface area contributed by atoms with E-state index in [2.05, 4.69) is 20.9 Å². The van der Waals surface area contributed by atoms with E-state index in [9.17, 15) is 0 Å². The van der Waals surface area contributed by atoms with Crippen molar-refractivity contribution in [1.29, 1.82) is 0 Å². The van der Waals surface area contributed by atoms with Gasteiger partial charge in [-0.25, -0.2) is 0 Å². The lowest BCUT2D eigenvalue weighted by Gasteiger charge is -2.10. The number of furan rings is 1. The first kappa shape index (κ1) is 15.1. The fraction of sp³-hybridized carbons (Fsp3) is 0. The van der Waals surface area contributed by atoms with Gasteiger partial charge in [-0.3, -0.25) is 4.57 Å². The molecule has 2 aromatic heterocycles. The maximum Gasteiger partial charge on any atom is 0.233 e. The zero-order valence-corrected chi connectivity index (χ0v) is 14.8. The maximum absolute atomic E-state index is 6.37. The molecule has 118 valence electrons. The second-order valence-electron chi connectivity index (χ2n) is 5.29. The Bertz CT molecular complexity index is 1090. The van der Waals surface area contributed by atoms with Crippen LogP contribution in [-0.4, -0.2) is 9.55 Å². The van der Waals surface area contributed by atoms with Gasteiger partial charge in [0, 0.05) is 15.7 Å². The molecule has 0 fully saturated rings. The first-order valence-corrected chi connectivity index (χ1v) is 8.47. The van der Waals surface area contributed by atoms with Gasteiger partial charge in [-0.2, -0.15) is 4.98 Å². The third-order valence-electron chi connectivity index (χ3n) is 3.76. The minimum Gasteiger partial charge on any atom is -0.437 e. The van der Waals surface area contributed by atoms with Crippen molar-refractivity contribution < 1.29 is 4.42 Å². The molecule has 0 spiro atoms. The average Bonchev–Trinajstić information content (AvgIpc) is 3.02. The van der Waals surface area contributed by atoms with Gasteiger partial charge in [0.05, 0.1) is 5.39 Å². The summed E-state index contributed by atoms with van der Waals surface area (Å²) in [5.41, 5.74) is 8.64. The summed E-state index contributed by atoms with van der Waals surface area (Å²) < 4.78 is 8.94. The third kappa shape index (κ3) is 2.53. The summed E-state index contributed by atoms with van der Waals surface area (Å²) >= 11 is 8.83. The van der Waals surface area contributed by atoms with E-state index in [1.165, 1.54) is 0 Å². The number of fused-ring (bicyclic) bond motifs is 1. The monoisotopic (exact) mass is 397 g/mol. The van der Waals surface area contributed by atoms with Gasteiger partial charge < -0.3 is 10.2 Å². The molecule has 4 aromatic rings. The van der Waals surface area contributed by atoms with Crippen molar-refractivity contribution in [2.45, 2.75) is 0 Å². The molecule has 6 heteroatoms. The molecule has 0 aliphatic rings. The van der Waals surface area contributed by atoms with Crippen molar-refractivity contribution in [3.8, 4) is 17.0 Å². The summed E-state index contributed by atoms with van der Waals surface area (Å²) in [5, 5.41) is 0.741. The van der Waals surface area contributed by atoms with Crippen LogP contribution in [0.1, 0.15) is 0 Å². The fourth-order valence-electron chi connectivity index (χ4n) is 2.59. The van der Waals surface area contributed by atoms with E-state index in [0.29, 0.717) is 22.1 Å². The van der Waals surface area contributed by atoms with Gasteiger partial charge in [-0.05, 0) is 42.5 Å². The van der Waals surface area contributed by atoms with Gasteiger partial charge in [0.25, 0.3) is 0 Å². The normalized spacial score (nSPS) is 11.0. The summed E-state index contributed by atoms with van der Waals surface area (Å²) in [6.45, 7) is 0. The minimum atomic E-state index is 0.358. The van der Waals surface area contributed by atoms with Gasteiger partial charge in [0.1, 0.15) is 11.6 Å². The predicted octanol–water partition coefficient (Wildman–Crippen LogP) is 5.36. The Morgan fingerprint density at radius 2 is 1.75 bits per heavy atom. The minimum absolute atomic E-state index is 0.358. The van der Waals surface area contributed by atoms with Crippen molar-refractivity contribution in [3.63, 3.8) is 0 Å². The number of nitrogens with two attached hydrogens (primary N) is 1. The molecule has 4 rings (SSSR count). The van der Waals surface area contributed by atoms with Crippen LogP contribution in [0.25, 0.3) is 28.1 Å². The molecule has 2 aromatic carbocycles. The SMILES string of the molecule is Nc1c2cc(-c3ccccc3)oc2nc(=S)n1-c1ccc(Br)cc1. The molecule has 0 atom stereocenters. The van der Waals surface area contributed by atoms with Crippen LogP contribution in [0.5, 0.6) is 0 Å². The molecule has 0 unspecified atom stereocenters. The summed E-state index contributed by atoms with van der Waals surface area (Å²) in [6.07, 6.45) is 0. The molecule has 24 heavy (non-hydrogen) atoms.